The van der Waals surface area contributed by atoms with Crippen LogP contribution in [0, 0.1) is 5.92 Å². The van der Waals surface area contributed by atoms with Crippen LogP contribution in [-0.2, 0) is 4.79 Å². The minimum Gasteiger partial charge on any atom is -0.300 e. The van der Waals surface area contributed by atoms with E-state index in [2.05, 4.69) is 91.0 Å². The molecule has 1 aliphatic carbocycles. The highest BCUT2D eigenvalue weighted by atomic mass is 31.2. The fourth-order valence-corrected chi connectivity index (χ4v) is 9.16. The van der Waals surface area contributed by atoms with E-state index in [1.165, 1.54) is 34.9 Å². The minimum absolute atomic E-state index is 0.459. The second-order valence-electron chi connectivity index (χ2n) is 8.16. The highest BCUT2D eigenvalue weighted by Crippen LogP contribution is 2.56. The van der Waals surface area contributed by atoms with Gasteiger partial charge in [-0.2, -0.15) is 0 Å². The predicted molar refractivity (Wildman–Crippen MR) is 126 cm³/mol. The van der Waals surface area contributed by atoms with Crippen LogP contribution in [0.5, 0.6) is 0 Å². The molecule has 1 fully saturated rings. The molecular formula is C27H30OP+. The van der Waals surface area contributed by atoms with Gasteiger partial charge < -0.3 is 0 Å². The third-order valence-electron chi connectivity index (χ3n) is 6.36. The maximum Gasteiger partial charge on any atom is 0.132 e. The Kier molecular flexibility index (Phi) is 6.57. The van der Waals surface area contributed by atoms with Gasteiger partial charge in [-0.1, -0.05) is 54.6 Å². The molecule has 1 aliphatic rings. The summed E-state index contributed by atoms with van der Waals surface area (Å²) in [5.41, 5.74) is 0. The van der Waals surface area contributed by atoms with Crippen molar-refractivity contribution in [1.29, 1.82) is 0 Å². The van der Waals surface area contributed by atoms with Crippen LogP contribution in [0.3, 0.4) is 0 Å². The Hall–Kier alpha value is -2.24. The largest absolute Gasteiger partial charge is 0.300 e. The van der Waals surface area contributed by atoms with Crippen LogP contribution < -0.4 is 15.9 Å². The Bertz CT molecular complexity index is 798. The van der Waals surface area contributed by atoms with Crippen LogP contribution in [0.4, 0.5) is 0 Å². The molecule has 2 heteroatoms. The lowest BCUT2D eigenvalue weighted by atomic mass is 9.86. The van der Waals surface area contributed by atoms with E-state index in [1.54, 1.807) is 0 Å². The van der Waals surface area contributed by atoms with Crippen molar-refractivity contribution in [2.45, 2.75) is 38.5 Å². The smallest absolute Gasteiger partial charge is 0.132 e. The van der Waals surface area contributed by atoms with Crippen LogP contribution in [0.25, 0.3) is 0 Å². The van der Waals surface area contributed by atoms with Gasteiger partial charge in [-0.05, 0) is 68.0 Å². The number of benzene rings is 3. The molecule has 1 saturated carbocycles. The molecule has 4 rings (SSSR count). The molecule has 0 heterocycles. The summed E-state index contributed by atoms with van der Waals surface area (Å²) in [5, 5.41) is 4.41. The quantitative estimate of drug-likeness (QED) is 0.477. The molecule has 0 amide bonds. The number of rotatable bonds is 7. The van der Waals surface area contributed by atoms with E-state index >= 15 is 0 Å². The fraction of sp³-hybridized carbons (Fsp3) is 0.296. The number of hydrogen-bond acceptors (Lipinski definition) is 1. The Morgan fingerprint density at radius 2 is 1.07 bits per heavy atom. The lowest BCUT2D eigenvalue weighted by Gasteiger charge is -2.29. The first-order valence-corrected chi connectivity index (χ1v) is 12.8. The molecule has 0 saturated heterocycles. The SMILES string of the molecule is O=C1CCC(CCC[P+](c2ccccc2)(c2ccccc2)c2ccccc2)CC1. The average Bonchev–Trinajstić information content (AvgIpc) is 2.80. The summed E-state index contributed by atoms with van der Waals surface area (Å²) in [6, 6.07) is 33.4. The Labute approximate surface area is 175 Å². The number of Topliss-reactive ketones (excluding diaryl/α,β-unsaturated/α-hetero) is 1. The first kappa shape index (κ1) is 20.0. The first-order valence-electron chi connectivity index (χ1n) is 10.9. The summed E-state index contributed by atoms with van der Waals surface area (Å²) >= 11 is 0. The molecule has 0 N–H and O–H groups in total. The molecule has 148 valence electrons. The highest BCUT2D eigenvalue weighted by Gasteiger charge is 2.44. The Morgan fingerprint density at radius 3 is 1.48 bits per heavy atom. The van der Waals surface area contributed by atoms with Gasteiger partial charge in [0.2, 0.25) is 0 Å². The van der Waals surface area contributed by atoms with E-state index in [1.807, 2.05) is 0 Å². The topological polar surface area (TPSA) is 17.1 Å². The van der Waals surface area contributed by atoms with Crippen molar-refractivity contribution in [2.75, 3.05) is 6.16 Å². The van der Waals surface area contributed by atoms with Gasteiger partial charge in [-0.3, -0.25) is 4.79 Å². The van der Waals surface area contributed by atoms with E-state index < -0.39 is 7.26 Å². The van der Waals surface area contributed by atoms with Crippen molar-refractivity contribution >= 4 is 29.0 Å². The van der Waals surface area contributed by atoms with Crippen molar-refractivity contribution in [2.24, 2.45) is 5.92 Å². The molecule has 0 aliphatic heterocycles. The van der Waals surface area contributed by atoms with Crippen LogP contribution in [-0.4, -0.2) is 11.9 Å². The lowest BCUT2D eigenvalue weighted by molar-refractivity contribution is -0.121. The number of hydrogen-bond donors (Lipinski definition) is 0. The molecule has 0 bridgehead atoms. The number of carbonyl (C=O) groups excluding carboxylic acids is 1. The van der Waals surface area contributed by atoms with Gasteiger partial charge >= 0.3 is 0 Å². The maximum atomic E-state index is 11.6. The molecule has 3 aromatic carbocycles. The standard InChI is InChI=1S/C27H30OP/c28-24-20-18-23(19-21-24)11-10-22-29(25-12-4-1-5-13-25,26-14-6-2-7-15-26)27-16-8-3-9-17-27/h1-9,12-17,23H,10-11,18-22H2/q+1. The summed E-state index contributed by atoms with van der Waals surface area (Å²) in [5.74, 6) is 1.18. The van der Waals surface area contributed by atoms with Gasteiger partial charge in [0.1, 0.15) is 29.0 Å². The summed E-state index contributed by atoms with van der Waals surface area (Å²) < 4.78 is 0. The Morgan fingerprint density at radius 1 is 0.655 bits per heavy atom. The first-order chi connectivity index (χ1) is 14.3. The van der Waals surface area contributed by atoms with E-state index in [4.69, 9.17) is 0 Å². The van der Waals surface area contributed by atoms with E-state index in [9.17, 15) is 4.79 Å². The van der Waals surface area contributed by atoms with Crippen molar-refractivity contribution in [1.82, 2.24) is 0 Å². The third kappa shape index (κ3) is 4.51. The van der Waals surface area contributed by atoms with Gasteiger partial charge in [-0.25, -0.2) is 0 Å². The lowest BCUT2D eigenvalue weighted by Crippen LogP contribution is -2.33. The zero-order valence-electron chi connectivity index (χ0n) is 17.0. The summed E-state index contributed by atoms with van der Waals surface area (Å²) in [7, 11) is -1.70. The van der Waals surface area contributed by atoms with Gasteiger partial charge in [0.05, 0.1) is 6.16 Å². The molecule has 0 unspecified atom stereocenters. The highest BCUT2D eigenvalue weighted by molar-refractivity contribution is 7.95. The predicted octanol–water partition coefficient (Wildman–Crippen LogP) is 5.52. The van der Waals surface area contributed by atoms with E-state index in [0.29, 0.717) is 5.78 Å². The van der Waals surface area contributed by atoms with E-state index in [0.717, 1.165) is 31.6 Å². The van der Waals surface area contributed by atoms with Crippen molar-refractivity contribution < 1.29 is 4.79 Å². The second kappa shape index (κ2) is 9.51. The molecule has 0 spiro atoms. The molecule has 29 heavy (non-hydrogen) atoms. The Balaban J connectivity index is 1.69. The van der Waals surface area contributed by atoms with Crippen molar-refractivity contribution in [3.05, 3.63) is 91.0 Å². The maximum absolute atomic E-state index is 11.6. The molecule has 0 radical (unpaired) electrons. The molecule has 0 aromatic heterocycles. The monoisotopic (exact) mass is 401 g/mol. The van der Waals surface area contributed by atoms with E-state index in [-0.39, 0.29) is 0 Å². The van der Waals surface area contributed by atoms with Crippen LogP contribution in [0.15, 0.2) is 91.0 Å². The summed E-state index contributed by atoms with van der Waals surface area (Å²) in [6.45, 7) is 0. The van der Waals surface area contributed by atoms with Crippen molar-refractivity contribution in [3.8, 4) is 0 Å². The van der Waals surface area contributed by atoms with Gasteiger partial charge in [0, 0.05) is 12.8 Å². The normalized spacial score (nSPS) is 15.4. The number of carbonyl (C=O) groups is 1. The molecule has 0 atom stereocenters. The van der Waals surface area contributed by atoms with Gasteiger partial charge in [-0.15, -0.1) is 0 Å². The zero-order chi connectivity index (χ0) is 19.9. The third-order valence-corrected chi connectivity index (χ3v) is 10.9. The van der Waals surface area contributed by atoms with Crippen LogP contribution in [0.2, 0.25) is 0 Å². The summed E-state index contributed by atoms with van der Waals surface area (Å²) in [6.07, 6.45) is 7.41. The van der Waals surface area contributed by atoms with Gasteiger partial charge in [0.15, 0.2) is 0 Å². The zero-order valence-corrected chi connectivity index (χ0v) is 17.9. The second-order valence-corrected chi connectivity index (χ2v) is 11.8. The number of ketones is 1. The molecular weight excluding hydrogens is 371 g/mol. The van der Waals surface area contributed by atoms with Crippen LogP contribution in [0.1, 0.15) is 38.5 Å². The summed E-state index contributed by atoms with van der Waals surface area (Å²) in [4.78, 5) is 11.6. The average molecular weight is 402 g/mol. The molecule has 3 aromatic rings. The molecule has 1 nitrogen and oxygen atoms in total. The van der Waals surface area contributed by atoms with Crippen LogP contribution >= 0.6 is 7.26 Å². The van der Waals surface area contributed by atoms with Gasteiger partial charge in [0.25, 0.3) is 0 Å². The minimum atomic E-state index is -1.70. The van der Waals surface area contributed by atoms with Crippen molar-refractivity contribution in [3.63, 3.8) is 0 Å². The fourth-order valence-electron chi connectivity index (χ4n) is 4.79.